The second-order valence-corrected chi connectivity index (χ2v) is 4.70. The molecule has 2 N–H and O–H groups in total. The van der Waals surface area contributed by atoms with Gasteiger partial charge in [-0.3, -0.25) is 4.79 Å². The number of nitrogens with one attached hydrogen (secondary N) is 1. The standard InChI is InChI=1S/C15H16F3NO3/c1-3-10(14(21)22)8-13(20)19-9(2)11-4-6-12(7-5-11)15(16,17)18/h3-7,9H,8H2,1-2H3,(H,19,20)(H,21,22)/b10-3+/t9-/m0/s1. The summed E-state index contributed by atoms with van der Waals surface area (Å²) in [7, 11) is 0. The van der Waals surface area contributed by atoms with Crippen LogP contribution in [0.25, 0.3) is 0 Å². The van der Waals surface area contributed by atoms with Crippen molar-refractivity contribution in [1.29, 1.82) is 0 Å². The van der Waals surface area contributed by atoms with Crippen LogP contribution < -0.4 is 5.32 Å². The number of aliphatic carboxylic acids is 1. The number of carbonyl (C=O) groups excluding carboxylic acids is 1. The molecule has 0 aliphatic carbocycles. The molecule has 120 valence electrons. The largest absolute Gasteiger partial charge is 0.478 e. The number of carboxylic acids is 1. The summed E-state index contributed by atoms with van der Waals surface area (Å²) in [6.07, 6.45) is -3.38. The van der Waals surface area contributed by atoms with Crippen LogP contribution in [0.4, 0.5) is 13.2 Å². The van der Waals surface area contributed by atoms with E-state index in [0.29, 0.717) is 5.56 Å². The fourth-order valence-electron chi connectivity index (χ4n) is 1.81. The second-order valence-electron chi connectivity index (χ2n) is 4.70. The molecule has 0 aliphatic rings. The number of rotatable bonds is 5. The van der Waals surface area contributed by atoms with Gasteiger partial charge in [-0.15, -0.1) is 0 Å². The second kappa shape index (κ2) is 7.11. The van der Waals surface area contributed by atoms with Crippen molar-refractivity contribution in [3.8, 4) is 0 Å². The highest BCUT2D eigenvalue weighted by atomic mass is 19.4. The van der Waals surface area contributed by atoms with Crippen LogP contribution in [0, 0.1) is 0 Å². The lowest BCUT2D eigenvalue weighted by molar-refractivity contribution is -0.137. The summed E-state index contributed by atoms with van der Waals surface area (Å²) < 4.78 is 37.4. The highest BCUT2D eigenvalue weighted by Crippen LogP contribution is 2.29. The molecule has 1 aromatic carbocycles. The van der Waals surface area contributed by atoms with E-state index in [-0.39, 0.29) is 12.0 Å². The topological polar surface area (TPSA) is 66.4 Å². The molecule has 4 nitrogen and oxygen atoms in total. The number of halogens is 3. The van der Waals surface area contributed by atoms with Gasteiger partial charge in [-0.25, -0.2) is 4.79 Å². The van der Waals surface area contributed by atoms with Crippen molar-refractivity contribution < 1.29 is 27.9 Å². The lowest BCUT2D eigenvalue weighted by atomic mass is 10.1. The van der Waals surface area contributed by atoms with Gasteiger partial charge in [0.1, 0.15) is 0 Å². The van der Waals surface area contributed by atoms with Gasteiger partial charge in [0.15, 0.2) is 0 Å². The molecule has 0 aromatic heterocycles. The lowest BCUT2D eigenvalue weighted by Gasteiger charge is -2.15. The van der Waals surface area contributed by atoms with Crippen LogP contribution in [0.5, 0.6) is 0 Å². The predicted molar refractivity (Wildman–Crippen MR) is 74.0 cm³/mol. The average molecular weight is 315 g/mol. The molecule has 1 atom stereocenters. The number of alkyl halides is 3. The number of carboxylic acid groups (broad SMARTS) is 1. The zero-order valence-electron chi connectivity index (χ0n) is 12.1. The number of hydrogen-bond donors (Lipinski definition) is 2. The Bertz CT molecular complexity index is 577. The summed E-state index contributed by atoms with van der Waals surface area (Å²) in [5.74, 6) is -1.69. The quantitative estimate of drug-likeness (QED) is 0.819. The van der Waals surface area contributed by atoms with E-state index in [9.17, 15) is 22.8 Å². The monoisotopic (exact) mass is 315 g/mol. The first-order chi connectivity index (χ1) is 10.1. The molecule has 0 unspecified atom stereocenters. The van der Waals surface area contributed by atoms with E-state index in [0.717, 1.165) is 12.1 Å². The highest BCUT2D eigenvalue weighted by Gasteiger charge is 2.30. The Morgan fingerprint density at radius 3 is 2.23 bits per heavy atom. The Balaban J connectivity index is 2.71. The van der Waals surface area contributed by atoms with Gasteiger partial charge >= 0.3 is 12.1 Å². The molecule has 7 heteroatoms. The molecule has 0 spiro atoms. The molecular weight excluding hydrogens is 299 g/mol. The van der Waals surface area contributed by atoms with Crippen molar-refractivity contribution in [2.75, 3.05) is 0 Å². The van der Waals surface area contributed by atoms with Crippen molar-refractivity contribution in [3.63, 3.8) is 0 Å². The minimum Gasteiger partial charge on any atom is -0.478 e. The molecule has 0 saturated carbocycles. The number of carbonyl (C=O) groups is 2. The SMILES string of the molecule is C/C=C(\CC(=O)N[C@@H](C)c1ccc(C(F)(F)F)cc1)C(=O)O. The van der Waals surface area contributed by atoms with E-state index in [1.165, 1.54) is 25.1 Å². The molecule has 0 saturated heterocycles. The average Bonchev–Trinajstić information content (AvgIpc) is 2.43. The minimum atomic E-state index is -4.41. The minimum absolute atomic E-state index is 0.0443. The van der Waals surface area contributed by atoms with E-state index >= 15 is 0 Å². The fraction of sp³-hybridized carbons (Fsp3) is 0.333. The maximum atomic E-state index is 12.5. The molecule has 1 rings (SSSR count). The van der Waals surface area contributed by atoms with Gasteiger partial charge in [-0.05, 0) is 31.5 Å². The normalized spacial score (nSPS) is 13.6. The van der Waals surface area contributed by atoms with Crippen molar-refractivity contribution in [1.82, 2.24) is 5.32 Å². The van der Waals surface area contributed by atoms with E-state index in [1.807, 2.05) is 0 Å². The summed E-state index contributed by atoms with van der Waals surface area (Å²) in [6.45, 7) is 3.12. The first-order valence-electron chi connectivity index (χ1n) is 6.50. The molecule has 22 heavy (non-hydrogen) atoms. The molecule has 1 amide bonds. The zero-order chi connectivity index (χ0) is 16.9. The Hall–Kier alpha value is -2.31. The number of allylic oxidation sites excluding steroid dienone is 1. The molecular formula is C15H16F3NO3. The lowest BCUT2D eigenvalue weighted by Crippen LogP contribution is -2.27. The van der Waals surface area contributed by atoms with Crippen LogP contribution in [0.15, 0.2) is 35.9 Å². The Morgan fingerprint density at radius 2 is 1.82 bits per heavy atom. The fourth-order valence-corrected chi connectivity index (χ4v) is 1.81. The smallest absolute Gasteiger partial charge is 0.416 e. The van der Waals surface area contributed by atoms with Gasteiger partial charge in [-0.1, -0.05) is 18.2 Å². The number of benzene rings is 1. The summed E-state index contributed by atoms with van der Waals surface area (Å²) in [6, 6.07) is 3.91. The van der Waals surface area contributed by atoms with Gasteiger partial charge in [0, 0.05) is 5.57 Å². The summed E-state index contributed by atoms with van der Waals surface area (Å²) in [5.41, 5.74) is -0.312. The molecule has 0 radical (unpaired) electrons. The third-order valence-corrected chi connectivity index (χ3v) is 3.09. The van der Waals surface area contributed by atoms with E-state index in [4.69, 9.17) is 5.11 Å². The maximum absolute atomic E-state index is 12.5. The summed E-state index contributed by atoms with van der Waals surface area (Å²) >= 11 is 0. The van der Waals surface area contributed by atoms with Crippen LogP contribution >= 0.6 is 0 Å². The van der Waals surface area contributed by atoms with Crippen molar-refractivity contribution in [3.05, 3.63) is 47.0 Å². The van der Waals surface area contributed by atoms with Gasteiger partial charge in [-0.2, -0.15) is 13.2 Å². The van der Waals surface area contributed by atoms with Crippen molar-refractivity contribution in [2.45, 2.75) is 32.5 Å². The predicted octanol–water partition coefficient (Wildman–Crippen LogP) is 3.30. The van der Waals surface area contributed by atoms with Crippen LogP contribution in [-0.4, -0.2) is 17.0 Å². The Labute approximate surface area is 125 Å². The molecule has 0 heterocycles. The van der Waals surface area contributed by atoms with Crippen LogP contribution in [0.1, 0.15) is 37.4 Å². The third kappa shape index (κ3) is 4.91. The first-order valence-corrected chi connectivity index (χ1v) is 6.50. The van der Waals surface area contributed by atoms with E-state index in [1.54, 1.807) is 6.92 Å². The molecule has 1 aromatic rings. The first kappa shape index (κ1) is 17.7. The van der Waals surface area contributed by atoms with Crippen LogP contribution in [0.3, 0.4) is 0 Å². The van der Waals surface area contributed by atoms with Crippen molar-refractivity contribution >= 4 is 11.9 Å². The molecule has 0 aliphatic heterocycles. The van der Waals surface area contributed by atoms with E-state index < -0.39 is 29.7 Å². The van der Waals surface area contributed by atoms with Crippen LogP contribution in [-0.2, 0) is 15.8 Å². The summed E-state index contributed by atoms with van der Waals surface area (Å²) in [4.78, 5) is 22.5. The van der Waals surface area contributed by atoms with Crippen LogP contribution in [0.2, 0.25) is 0 Å². The molecule has 0 bridgehead atoms. The van der Waals surface area contributed by atoms with Crippen molar-refractivity contribution in [2.24, 2.45) is 0 Å². The highest BCUT2D eigenvalue weighted by molar-refractivity contribution is 5.94. The van der Waals surface area contributed by atoms with Gasteiger partial charge in [0.2, 0.25) is 5.91 Å². The van der Waals surface area contributed by atoms with Gasteiger partial charge in [0.25, 0.3) is 0 Å². The number of amides is 1. The Kier molecular flexibility index (Phi) is 5.73. The summed E-state index contributed by atoms with van der Waals surface area (Å²) in [5, 5.41) is 11.4. The van der Waals surface area contributed by atoms with Gasteiger partial charge < -0.3 is 10.4 Å². The Morgan fingerprint density at radius 1 is 1.27 bits per heavy atom. The zero-order valence-corrected chi connectivity index (χ0v) is 12.1. The van der Waals surface area contributed by atoms with Gasteiger partial charge in [0.05, 0.1) is 18.0 Å². The third-order valence-electron chi connectivity index (χ3n) is 3.09. The maximum Gasteiger partial charge on any atom is 0.416 e. The van der Waals surface area contributed by atoms with E-state index in [2.05, 4.69) is 5.32 Å². The number of hydrogen-bond acceptors (Lipinski definition) is 2. The molecule has 0 fully saturated rings.